The molecular weight excluding hydrogens is 276 g/mol. The summed E-state index contributed by atoms with van der Waals surface area (Å²) in [4.78, 5) is 0. The molecule has 1 aliphatic carbocycles. The zero-order valence-electron chi connectivity index (χ0n) is 14.1. The lowest BCUT2D eigenvalue weighted by atomic mass is 10.0. The van der Waals surface area contributed by atoms with Crippen LogP contribution in [-0.4, -0.2) is 23.1 Å². The van der Waals surface area contributed by atoms with Gasteiger partial charge in [0.2, 0.25) is 0 Å². The minimum absolute atomic E-state index is 0.417. The highest BCUT2D eigenvalue weighted by Gasteiger charge is 2.13. The molecule has 0 atom stereocenters. The van der Waals surface area contributed by atoms with E-state index in [9.17, 15) is 0 Å². The van der Waals surface area contributed by atoms with Gasteiger partial charge in [-0.2, -0.15) is 0 Å². The van der Waals surface area contributed by atoms with Gasteiger partial charge in [0.1, 0.15) is 5.75 Å². The molecule has 1 fully saturated rings. The number of unbranched alkanes of at least 4 members (excludes halogenated alkanes) is 1. The Hall–Kier alpha value is -1.06. The summed E-state index contributed by atoms with van der Waals surface area (Å²) in [5.41, 5.74) is 1.27. The number of benzene rings is 1. The molecule has 0 saturated heterocycles. The van der Waals surface area contributed by atoms with E-state index in [1.165, 1.54) is 50.5 Å². The van der Waals surface area contributed by atoms with Crippen LogP contribution in [0.4, 0.5) is 0 Å². The van der Waals surface area contributed by atoms with Gasteiger partial charge in [-0.15, -0.1) is 0 Å². The number of hydrogen-bond donors (Lipinski definition) is 2. The SMILES string of the molecule is CCC(O)O.Cc1cccc(OCCCCC2CCCC2)c1. The van der Waals surface area contributed by atoms with E-state index in [0.29, 0.717) is 6.42 Å². The molecule has 3 nitrogen and oxygen atoms in total. The molecule has 0 aliphatic heterocycles. The average molecular weight is 308 g/mol. The normalized spacial score (nSPS) is 14.8. The topological polar surface area (TPSA) is 49.7 Å². The van der Waals surface area contributed by atoms with Gasteiger partial charge in [-0.1, -0.05) is 51.2 Å². The lowest BCUT2D eigenvalue weighted by Crippen LogP contribution is -1.99. The van der Waals surface area contributed by atoms with Gasteiger partial charge < -0.3 is 14.9 Å². The van der Waals surface area contributed by atoms with Crippen molar-refractivity contribution in [2.24, 2.45) is 5.92 Å². The summed E-state index contributed by atoms with van der Waals surface area (Å²) >= 11 is 0. The van der Waals surface area contributed by atoms with Crippen LogP contribution in [0.3, 0.4) is 0 Å². The molecule has 2 rings (SSSR count). The molecule has 0 aromatic heterocycles. The van der Waals surface area contributed by atoms with Gasteiger partial charge in [0.05, 0.1) is 6.61 Å². The maximum absolute atomic E-state index is 7.92. The highest BCUT2D eigenvalue weighted by atomic mass is 16.5. The minimum Gasteiger partial charge on any atom is -0.494 e. The van der Waals surface area contributed by atoms with E-state index in [0.717, 1.165) is 18.3 Å². The fourth-order valence-corrected chi connectivity index (χ4v) is 2.73. The highest BCUT2D eigenvalue weighted by molar-refractivity contribution is 5.27. The standard InChI is InChI=1S/C16H24O.C3H8O2/c1-14-7-6-11-16(13-14)17-12-5-4-10-15-8-2-3-9-15;1-2-3(4)5/h6-7,11,13,15H,2-5,8-10,12H2,1H3;3-5H,2H2,1H3. The molecule has 0 bridgehead atoms. The number of ether oxygens (including phenoxy) is 1. The number of aliphatic hydroxyl groups is 2. The molecule has 1 aromatic rings. The number of aryl methyl sites for hydroxylation is 1. The molecule has 1 aliphatic rings. The fourth-order valence-electron chi connectivity index (χ4n) is 2.73. The van der Waals surface area contributed by atoms with E-state index >= 15 is 0 Å². The van der Waals surface area contributed by atoms with Crippen molar-refractivity contribution in [3.8, 4) is 5.75 Å². The van der Waals surface area contributed by atoms with Crippen LogP contribution >= 0.6 is 0 Å². The Morgan fingerprint density at radius 2 is 1.86 bits per heavy atom. The van der Waals surface area contributed by atoms with E-state index in [2.05, 4.69) is 25.1 Å². The largest absolute Gasteiger partial charge is 0.494 e. The second-order valence-corrected chi connectivity index (χ2v) is 6.20. The van der Waals surface area contributed by atoms with Crippen molar-refractivity contribution in [3.63, 3.8) is 0 Å². The third kappa shape index (κ3) is 9.06. The molecule has 0 spiro atoms. The van der Waals surface area contributed by atoms with Crippen LogP contribution in [0.5, 0.6) is 5.75 Å². The molecule has 1 aromatic carbocycles. The van der Waals surface area contributed by atoms with E-state index in [-0.39, 0.29) is 0 Å². The van der Waals surface area contributed by atoms with Crippen molar-refractivity contribution >= 4 is 0 Å². The molecule has 0 heterocycles. The van der Waals surface area contributed by atoms with Crippen LogP contribution in [0.1, 0.15) is 63.9 Å². The summed E-state index contributed by atoms with van der Waals surface area (Å²) in [6.07, 6.45) is 9.11. The van der Waals surface area contributed by atoms with Gasteiger partial charge in [0.15, 0.2) is 6.29 Å². The van der Waals surface area contributed by atoms with Crippen LogP contribution in [0, 0.1) is 12.8 Å². The van der Waals surface area contributed by atoms with Gasteiger partial charge in [-0.25, -0.2) is 0 Å². The van der Waals surface area contributed by atoms with Crippen LogP contribution in [0.25, 0.3) is 0 Å². The van der Waals surface area contributed by atoms with Crippen molar-refractivity contribution in [2.75, 3.05) is 6.61 Å². The van der Waals surface area contributed by atoms with Crippen molar-refractivity contribution in [3.05, 3.63) is 29.8 Å². The molecule has 0 radical (unpaired) electrons. The third-order valence-corrected chi connectivity index (χ3v) is 4.10. The molecule has 3 heteroatoms. The van der Waals surface area contributed by atoms with E-state index in [1.807, 2.05) is 6.07 Å². The summed E-state index contributed by atoms with van der Waals surface area (Å²) in [5, 5.41) is 15.8. The van der Waals surface area contributed by atoms with Crippen molar-refractivity contribution in [2.45, 2.75) is 71.5 Å². The lowest BCUT2D eigenvalue weighted by molar-refractivity contribution is -0.0413. The highest BCUT2D eigenvalue weighted by Crippen LogP contribution is 2.28. The van der Waals surface area contributed by atoms with Gasteiger partial charge in [-0.3, -0.25) is 0 Å². The Morgan fingerprint density at radius 1 is 1.18 bits per heavy atom. The lowest BCUT2D eigenvalue weighted by Gasteiger charge is -2.09. The maximum atomic E-state index is 7.92. The van der Waals surface area contributed by atoms with Crippen LogP contribution in [0.2, 0.25) is 0 Å². The van der Waals surface area contributed by atoms with Gasteiger partial charge in [-0.05, 0) is 49.8 Å². The first-order valence-corrected chi connectivity index (χ1v) is 8.67. The zero-order valence-corrected chi connectivity index (χ0v) is 14.1. The minimum atomic E-state index is -1.12. The van der Waals surface area contributed by atoms with Crippen LogP contribution in [-0.2, 0) is 0 Å². The summed E-state index contributed by atoms with van der Waals surface area (Å²) in [7, 11) is 0. The Labute approximate surface area is 135 Å². The Bertz CT molecular complexity index is 384. The molecule has 0 unspecified atom stereocenters. The van der Waals surface area contributed by atoms with Crippen molar-refractivity contribution in [1.82, 2.24) is 0 Å². The first-order chi connectivity index (χ1) is 10.6. The summed E-state index contributed by atoms with van der Waals surface area (Å²) in [6.45, 7) is 4.67. The quantitative estimate of drug-likeness (QED) is 0.578. The van der Waals surface area contributed by atoms with Gasteiger partial charge >= 0.3 is 0 Å². The van der Waals surface area contributed by atoms with Crippen LogP contribution < -0.4 is 4.74 Å². The van der Waals surface area contributed by atoms with E-state index in [4.69, 9.17) is 14.9 Å². The monoisotopic (exact) mass is 308 g/mol. The maximum Gasteiger partial charge on any atom is 0.151 e. The Balaban J connectivity index is 0.000000422. The van der Waals surface area contributed by atoms with Crippen molar-refractivity contribution < 1.29 is 14.9 Å². The number of hydrogen-bond acceptors (Lipinski definition) is 3. The van der Waals surface area contributed by atoms with E-state index < -0.39 is 6.29 Å². The number of aliphatic hydroxyl groups excluding tert-OH is 1. The molecule has 22 heavy (non-hydrogen) atoms. The second-order valence-electron chi connectivity index (χ2n) is 6.20. The molecular formula is C19H32O3. The van der Waals surface area contributed by atoms with Gasteiger partial charge in [0, 0.05) is 0 Å². The molecule has 126 valence electrons. The number of rotatable bonds is 7. The zero-order chi connectivity index (χ0) is 16.2. The van der Waals surface area contributed by atoms with Crippen molar-refractivity contribution in [1.29, 1.82) is 0 Å². The third-order valence-electron chi connectivity index (χ3n) is 4.10. The first-order valence-electron chi connectivity index (χ1n) is 8.67. The molecule has 1 saturated carbocycles. The molecule has 0 amide bonds. The van der Waals surface area contributed by atoms with E-state index in [1.54, 1.807) is 6.92 Å². The molecule has 2 N–H and O–H groups in total. The smallest absolute Gasteiger partial charge is 0.151 e. The summed E-state index contributed by atoms with van der Waals surface area (Å²) in [6, 6.07) is 8.32. The fraction of sp³-hybridized carbons (Fsp3) is 0.684. The summed E-state index contributed by atoms with van der Waals surface area (Å²) in [5.74, 6) is 2.04. The van der Waals surface area contributed by atoms with Gasteiger partial charge in [0.25, 0.3) is 0 Å². The summed E-state index contributed by atoms with van der Waals surface area (Å²) < 4.78 is 5.75. The Kier molecular flexibility index (Phi) is 9.93. The Morgan fingerprint density at radius 3 is 2.45 bits per heavy atom. The van der Waals surface area contributed by atoms with Crippen LogP contribution in [0.15, 0.2) is 24.3 Å². The predicted octanol–water partition coefficient (Wildman–Crippen LogP) is 4.44. The second kappa shape index (κ2) is 11.5. The first kappa shape index (κ1) is 19.0. The predicted molar refractivity (Wildman–Crippen MR) is 91.0 cm³/mol. The average Bonchev–Trinajstić information content (AvgIpc) is 3.01.